The predicted octanol–water partition coefficient (Wildman–Crippen LogP) is 3.38. The van der Waals surface area contributed by atoms with Crippen LogP contribution in [0.2, 0.25) is 0 Å². The van der Waals surface area contributed by atoms with Gasteiger partial charge in [0.25, 0.3) is 0 Å². The zero-order valence-corrected chi connectivity index (χ0v) is 15.9. The quantitative estimate of drug-likeness (QED) is 0.729. The molecular weight excluding hydrogens is 344 g/mol. The molecule has 1 unspecified atom stereocenters. The van der Waals surface area contributed by atoms with Gasteiger partial charge in [0.1, 0.15) is 0 Å². The number of hydrogen-bond acceptors (Lipinski definition) is 5. The number of piperidine rings is 1. The predicted molar refractivity (Wildman–Crippen MR) is 101 cm³/mol. The highest BCUT2D eigenvalue weighted by molar-refractivity contribution is 5.78. The summed E-state index contributed by atoms with van der Waals surface area (Å²) in [5.41, 5.74) is 2.16. The highest BCUT2D eigenvalue weighted by Crippen LogP contribution is 2.22. The van der Waals surface area contributed by atoms with Crippen LogP contribution >= 0.6 is 0 Å². The smallest absolute Gasteiger partial charge is 0.310 e. The van der Waals surface area contributed by atoms with Crippen LogP contribution in [0.4, 0.5) is 0 Å². The number of esters is 1. The van der Waals surface area contributed by atoms with Crippen LogP contribution in [0.25, 0.3) is 11.3 Å². The van der Waals surface area contributed by atoms with E-state index in [1.807, 2.05) is 31.2 Å². The maximum absolute atomic E-state index is 12.5. The van der Waals surface area contributed by atoms with E-state index < -0.39 is 0 Å². The minimum atomic E-state index is -0.211. The summed E-state index contributed by atoms with van der Waals surface area (Å²) in [6.45, 7) is 5.34. The molecule has 1 fully saturated rings. The molecule has 1 aromatic heterocycles. The number of nitrogens with zero attached hydrogens (tertiary/aromatic N) is 2. The van der Waals surface area contributed by atoms with Crippen molar-refractivity contribution >= 4 is 11.9 Å². The van der Waals surface area contributed by atoms with Crippen molar-refractivity contribution in [1.29, 1.82) is 0 Å². The molecule has 2 heterocycles. The van der Waals surface area contributed by atoms with Gasteiger partial charge in [-0.1, -0.05) is 29.8 Å². The van der Waals surface area contributed by atoms with Crippen molar-refractivity contribution in [1.82, 2.24) is 9.88 Å². The van der Waals surface area contributed by atoms with Crippen molar-refractivity contribution in [2.24, 2.45) is 5.92 Å². The van der Waals surface area contributed by atoms with Crippen LogP contribution in [0.5, 0.6) is 0 Å². The van der Waals surface area contributed by atoms with Gasteiger partial charge in [0.2, 0.25) is 5.91 Å². The largest absolute Gasteiger partial charge is 0.466 e. The minimum absolute atomic E-state index is 0.0269. The Bertz CT molecular complexity index is 782. The molecule has 2 aromatic rings. The van der Waals surface area contributed by atoms with Crippen molar-refractivity contribution in [2.45, 2.75) is 39.5 Å². The van der Waals surface area contributed by atoms with Gasteiger partial charge < -0.3 is 14.1 Å². The second-order valence-electron chi connectivity index (χ2n) is 6.92. The first-order chi connectivity index (χ1) is 13.1. The zero-order valence-electron chi connectivity index (χ0n) is 15.9. The third-order valence-electron chi connectivity index (χ3n) is 4.84. The Morgan fingerprint density at radius 2 is 2.07 bits per heavy atom. The standard InChI is InChI=1S/C21H26N2O4/c1-3-26-21(25)17-5-4-12-23(14-17)20(24)11-10-19-22-13-18(27-19)16-8-6-15(2)7-9-16/h6-9,13,17H,3-5,10-12,14H2,1-2H3. The SMILES string of the molecule is CCOC(=O)C1CCCN(C(=O)CCc2ncc(-c3ccc(C)cc3)o2)C1. The summed E-state index contributed by atoms with van der Waals surface area (Å²) < 4.78 is 10.9. The second kappa shape index (κ2) is 8.84. The molecule has 1 saturated heterocycles. The van der Waals surface area contributed by atoms with Crippen molar-refractivity contribution in [3.05, 3.63) is 41.9 Å². The molecule has 0 spiro atoms. The van der Waals surface area contributed by atoms with Crippen LogP contribution < -0.4 is 0 Å². The Morgan fingerprint density at radius 1 is 1.30 bits per heavy atom. The molecule has 1 atom stereocenters. The number of likely N-dealkylation sites (tertiary alicyclic amines) is 1. The number of aryl methyl sites for hydroxylation is 2. The Balaban J connectivity index is 1.53. The molecule has 0 saturated carbocycles. The fourth-order valence-electron chi connectivity index (χ4n) is 3.31. The van der Waals surface area contributed by atoms with Crippen LogP contribution in [0.1, 0.15) is 37.6 Å². The average Bonchev–Trinajstić information content (AvgIpc) is 3.16. The summed E-state index contributed by atoms with van der Waals surface area (Å²) in [5, 5.41) is 0. The molecule has 3 rings (SSSR count). The van der Waals surface area contributed by atoms with Gasteiger partial charge in [-0.25, -0.2) is 4.98 Å². The minimum Gasteiger partial charge on any atom is -0.466 e. The van der Waals surface area contributed by atoms with E-state index in [9.17, 15) is 9.59 Å². The highest BCUT2D eigenvalue weighted by atomic mass is 16.5. The van der Waals surface area contributed by atoms with Crippen LogP contribution in [0.15, 0.2) is 34.9 Å². The van der Waals surface area contributed by atoms with Crippen molar-refractivity contribution in [3.63, 3.8) is 0 Å². The zero-order chi connectivity index (χ0) is 19.2. The van der Waals surface area contributed by atoms with E-state index in [0.717, 1.165) is 18.4 Å². The van der Waals surface area contributed by atoms with Gasteiger partial charge in [0, 0.05) is 31.5 Å². The maximum atomic E-state index is 12.5. The molecule has 1 aromatic carbocycles. The average molecular weight is 370 g/mol. The first kappa shape index (κ1) is 19.1. The molecule has 1 aliphatic heterocycles. The van der Waals surface area contributed by atoms with Gasteiger partial charge in [-0.15, -0.1) is 0 Å². The van der Waals surface area contributed by atoms with Crippen molar-refractivity contribution < 1.29 is 18.7 Å². The monoisotopic (exact) mass is 370 g/mol. The summed E-state index contributed by atoms with van der Waals surface area (Å²) in [6.07, 6.45) is 4.07. The normalized spacial score (nSPS) is 17.0. The number of benzene rings is 1. The Morgan fingerprint density at radius 3 is 2.81 bits per heavy atom. The lowest BCUT2D eigenvalue weighted by atomic mass is 9.98. The van der Waals surface area contributed by atoms with E-state index >= 15 is 0 Å². The molecule has 1 aliphatic rings. The van der Waals surface area contributed by atoms with Gasteiger partial charge in [-0.3, -0.25) is 9.59 Å². The molecule has 6 nitrogen and oxygen atoms in total. The molecule has 0 aliphatic carbocycles. The molecular formula is C21H26N2O4. The van der Waals surface area contributed by atoms with Gasteiger partial charge >= 0.3 is 5.97 Å². The molecule has 27 heavy (non-hydrogen) atoms. The lowest BCUT2D eigenvalue weighted by molar-refractivity contribution is -0.151. The highest BCUT2D eigenvalue weighted by Gasteiger charge is 2.29. The topological polar surface area (TPSA) is 72.6 Å². The molecule has 0 bridgehead atoms. The molecule has 0 radical (unpaired) electrons. The first-order valence-electron chi connectivity index (χ1n) is 9.53. The molecule has 0 N–H and O–H groups in total. The van der Waals surface area contributed by atoms with Crippen LogP contribution in [-0.2, 0) is 20.7 Å². The number of hydrogen-bond donors (Lipinski definition) is 0. The summed E-state index contributed by atoms with van der Waals surface area (Å²) in [4.78, 5) is 30.5. The Hall–Kier alpha value is -2.63. The summed E-state index contributed by atoms with van der Waals surface area (Å²) in [7, 11) is 0. The summed E-state index contributed by atoms with van der Waals surface area (Å²) in [6, 6.07) is 8.04. The summed E-state index contributed by atoms with van der Waals surface area (Å²) in [5.74, 6) is 0.873. The number of rotatable bonds is 6. The van der Waals surface area contributed by atoms with Gasteiger partial charge in [0.15, 0.2) is 11.7 Å². The third-order valence-corrected chi connectivity index (χ3v) is 4.84. The first-order valence-corrected chi connectivity index (χ1v) is 9.53. The van der Waals surface area contributed by atoms with E-state index in [1.54, 1.807) is 18.0 Å². The Kier molecular flexibility index (Phi) is 6.27. The number of aromatic nitrogens is 1. The maximum Gasteiger partial charge on any atom is 0.310 e. The third kappa shape index (κ3) is 4.96. The van der Waals surface area contributed by atoms with E-state index in [1.165, 1.54) is 5.56 Å². The van der Waals surface area contributed by atoms with Crippen molar-refractivity contribution in [2.75, 3.05) is 19.7 Å². The number of amides is 1. The van der Waals surface area contributed by atoms with E-state index in [0.29, 0.717) is 44.2 Å². The lowest BCUT2D eigenvalue weighted by Gasteiger charge is -2.31. The van der Waals surface area contributed by atoms with E-state index in [2.05, 4.69) is 4.98 Å². The van der Waals surface area contributed by atoms with Gasteiger partial charge in [0.05, 0.1) is 18.7 Å². The second-order valence-corrected chi connectivity index (χ2v) is 6.92. The number of oxazole rings is 1. The Labute approximate surface area is 159 Å². The van der Waals surface area contributed by atoms with Gasteiger partial charge in [-0.05, 0) is 26.7 Å². The number of carbonyl (C=O) groups excluding carboxylic acids is 2. The van der Waals surface area contributed by atoms with E-state index in [-0.39, 0.29) is 17.8 Å². The van der Waals surface area contributed by atoms with E-state index in [4.69, 9.17) is 9.15 Å². The summed E-state index contributed by atoms with van der Waals surface area (Å²) >= 11 is 0. The fourth-order valence-corrected chi connectivity index (χ4v) is 3.31. The fraction of sp³-hybridized carbons (Fsp3) is 0.476. The lowest BCUT2D eigenvalue weighted by Crippen LogP contribution is -2.42. The molecule has 1 amide bonds. The molecule has 144 valence electrons. The van der Waals surface area contributed by atoms with Crippen molar-refractivity contribution in [3.8, 4) is 11.3 Å². The number of ether oxygens (including phenoxy) is 1. The number of carbonyl (C=O) groups is 2. The van der Waals surface area contributed by atoms with Crippen LogP contribution in [-0.4, -0.2) is 41.5 Å². The van der Waals surface area contributed by atoms with Crippen LogP contribution in [0.3, 0.4) is 0 Å². The van der Waals surface area contributed by atoms with Gasteiger partial charge in [-0.2, -0.15) is 0 Å². The molecule has 6 heteroatoms. The van der Waals surface area contributed by atoms with Crippen LogP contribution in [0, 0.1) is 12.8 Å².